The SMILES string of the molecule is CCSCCC(C)NS(=O)(=O)Cc1cccc(C(N)=S)c1. The van der Waals surface area contributed by atoms with E-state index in [2.05, 4.69) is 11.6 Å². The fourth-order valence-corrected chi connectivity index (χ4v) is 4.21. The van der Waals surface area contributed by atoms with Crippen LogP contribution in [0.5, 0.6) is 0 Å². The van der Waals surface area contributed by atoms with Crippen molar-refractivity contribution in [3.8, 4) is 0 Å². The normalized spacial score (nSPS) is 13.0. The average molecular weight is 347 g/mol. The second-order valence-corrected chi connectivity index (χ2v) is 8.42. The van der Waals surface area contributed by atoms with Gasteiger partial charge < -0.3 is 5.73 Å². The molecule has 0 aliphatic carbocycles. The monoisotopic (exact) mass is 346 g/mol. The number of nitrogens with one attached hydrogen (secondary N) is 1. The van der Waals surface area contributed by atoms with E-state index < -0.39 is 10.0 Å². The Hall–Kier alpha value is -0.630. The summed E-state index contributed by atoms with van der Waals surface area (Å²) in [6.07, 6.45) is 0.824. The molecule has 118 valence electrons. The lowest BCUT2D eigenvalue weighted by atomic mass is 10.1. The van der Waals surface area contributed by atoms with Gasteiger partial charge in [0.05, 0.1) is 5.75 Å². The van der Waals surface area contributed by atoms with Gasteiger partial charge in [-0.25, -0.2) is 13.1 Å². The summed E-state index contributed by atoms with van der Waals surface area (Å²) >= 11 is 6.71. The van der Waals surface area contributed by atoms with Crippen molar-refractivity contribution < 1.29 is 8.42 Å². The van der Waals surface area contributed by atoms with Crippen LogP contribution in [-0.4, -0.2) is 31.0 Å². The number of hydrogen-bond donors (Lipinski definition) is 2. The van der Waals surface area contributed by atoms with Crippen LogP contribution in [0, 0.1) is 0 Å². The van der Waals surface area contributed by atoms with E-state index >= 15 is 0 Å². The predicted octanol–water partition coefficient (Wildman–Crippen LogP) is 2.27. The van der Waals surface area contributed by atoms with Gasteiger partial charge in [0.2, 0.25) is 10.0 Å². The Bertz CT molecular complexity index is 573. The lowest BCUT2D eigenvalue weighted by Gasteiger charge is -2.14. The quantitative estimate of drug-likeness (QED) is 0.530. The summed E-state index contributed by atoms with van der Waals surface area (Å²) in [4.78, 5) is 0.271. The fourth-order valence-electron chi connectivity index (χ4n) is 1.85. The Morgan fingerprint density at radius 1 is 1.48 bits per heavy atom. The van der Waals surface area contributed by atoms with Crippen molar-refractivity contribution in [1.82, 2.24) is 4.72 Å². The maximum atomic E-state index is 12.1. The van der Waals surface area contributed by atoms with Crippen LogP contribution in [0.1, 0.15) is 31.4 Å². The van der Waals surface area contributed by atoms with Gasteiger partial charge in [-0.05, 0) is 36.5 Å². The average Bonchev–Trinajstić information content (AvgIpc) is 2.38. The highest BCUT2D eigenvalue weighted by molar-refractivity contribution is 7.99. The summed E-state index contributed by atoms with van der Waals surface area (Å²) in [5.41, 5.74) is 6.93. The van der Waals surface area contributed by atoms with Crippen LogP contribution < -0.4 is 10.5 Å². The molecule has 3 N–H and O–H groups in total. The zero-order chi connectivity index (χ0) is 15.9. The van der Waals surface area contributed by atoms with E-state index in [1.165, 1.54) is 0 Å². The summed E-state index contributed by atoms with van der Waals surface area (Å²) in [7, 11) is -3.36. The van der Waals surface area contributed by atoms with Crippen molar-refractivity contribution in [3.05, 3.63) is 35.4 Å². The third-order valence-corrected chi connectivity index (χ3v) is 5.49. The van der Waals surface area contributed by atoms with Gasteiger partial charge in [-0.2, -0.15) is 11.8 Å². The highest BCUT2D eigenvalue weighted by atomic mass is 32.2. The maximum Gasteiger partial charge on any atom is 0.216 e. The first-order chi connectivity index (χ1) is 9.84. The Kier molecular flexibility index (Phi) is 7.65. The molecule has 7 heteroatoms. The molecule has 21 heavy (non-hydrogen) atoms. The van der Waals surface area contributed by atoms with Crippen molar-refractivity contribution >= 4 is 39.0 Å². The maximum absolute atomic E-state index is 12.1. The van der Waals surface area contributed by atoms with Gasteiger partial charge in [-0.3, -0.25) is 0 Å². The van der Waals surface area contributed by atoms with Gasteiger partial charge in [0.25, 0.3) is 0 Å². The highest BCUT2D eigenvalue weighted by Crippen LogP contribution is 2.10. The first-order valence-electron chi connectivity index (χ1n) is 6.80. The molecule has 0 aromatic heterocycles. The van der Waals surface area contributed by atoms with E-state index in [0.29, 0.717) is 11.1 Å². The van der Waals surface area contributed by atoms with Crippen LogP contribution in [0.15, 0.2) is 24.3 Å². The molecule has 0 radical (unpaired) electrons. The number of sulfonamides is 1. The molecular weight excluding hydrogens is 324 g/mol. The minimum atomic E-state index is -3.36. The van der Waals surface area contributed by atoms with Crippen molar-refractivity contribution in [2.45, 2.75) is 32.1 Å². The number of thiocarbonyl (C=S) groups is 1. The lowest BCUT2D eigenvalue weighted by molar-refractivity contribution is 0.556. The molecule has 0 saturated carbocycles. The number of benzene rings is 1. The summed E-state index contributed by atoms with van der Waals surface area (Å²) in [5.74, 6) is 1.94. The highest BCUT2D eigenvalue weighted by Gasteiger charge is 2.15. The third kappa shape index (κ3) is 7.26. The van der Waals surface area contributed by atoms with Crippen LogP contribution >= 0.6 is 24.0 Å². The van der Waals surface area contributed by atoms with Crippen molar-refractivity contribution in [1.29, 1.82) is 0 Å². The lowest BCUT2D eigenvalue weighted by Crippen LogP contribution is -2.34. The first-order valence-corrected chi connectivity index (χ1v) is 10.0. The molecule has 0 amide bonds. The van der Waals surface area contributed by atoms with Gasteiger partial charge in [-0.1, -0.05) is 37.3 Å². The number of thioether (sulfide) groups is 1. The van der Waals surface area contributed by atoms with Crippen LogP contribution in [0.2, 0.25) is 0 Å². The van der Waals surface area contributed by atoms with Crippen LogP contribution in [-0.2, 0) is 15.8 Å². The Morgan fingerprint density at radius 3 is 2.81 bits per heavy atom. The van der Waals surface area contributed by atoms with E-state index in [-0.39, 0.29) is 16.8 Å². The van der Waals surface area contributed by atoms with Crippen molar-refractivity contribution in [2.24, 2.45) is 5.73 Å². The number of nitrogens with two attached hydrogens (primary N) is 1. The molecule has 1 unspecified atom stereocenters. The van der Waals surface area contributed by atoms with Gasteiger partial charge in [0.15, 0.2) is 0 Å². The smallest absolute Gasteiger partial charge is 0.216 e. The largest absolute Gasteiger partial charge is 0.389 e. The molecule has 0 aliphatic rings. The minimum Gasteiger partial charge on any atom is -0.389 e. The van der Waals surface area contributed by atoms with E-state index in [0.717, 1.165) is 17.9 Å². The molecule has 0 spiro atoms. The first kappa shape index (κ1) is 18.4. The predicted molar refractivity (Wildman–Crippen MR) is 95.2 cm³/mol. The van der Waals surface area contributed by atoms with Crippen LogP contribution in [0.3, 0.4) is 0 Å². The summed E-state index contributed by atoms with van der Waals surface area (Å²) in [6.45, 7) is 3.98. The number of rotatable bonds is 9. The van der Waals surface area contributed by atoms with Crippen molar-refractivity contribution in [3.63, 3.8) is 0 Å². The fraction of sp³-hybridized carbons (Fsp3) is 0.500. The Balaban J connectivity index is 2.63. The van der Waals surface area contributed by atoms with Gasteiger partial charge in [0, 0.05) is 11.6 Å². The molecule has 1 atom stereocenters. The molecule has 1 rings (SSSR count). The molecule has 0 fully saturated rings. The standard InChI is InChI=1S/C14H22N2O2S3/c1-3-20-8-7-11(2)16-21(17,18)10-12-5-4-6-13(9-12)14(15)19/h4-6,9,11,16H,3,7-8,10H2,1-2H3,(H2,15,19). The second kappa shape index (κ2) is 8.73. The van der Waals surface area contributed by atoms with E-state index in [1.807, 2.05) is 18.7 Å². The Labute approximate surface area is 136 Å². The van der Waals surface area contributed by atoms with Gasteiger partial charge >= 0.3 is 0 Å². The topological polar surface area (TPSA) is 72.2 Å². The summed E-state index contributed by atoms with van der Waals surface area (Å²) < 4.78 is 27.0. The molecule has 4 nitrogen and oxygen atoms in total. The van der Waals surface area contributed by atoms with Gasteiger partial charge in [0.1, 0.15) is 4.99 Å². The van der Waals surface area contributed by atoms with Crippen LogP contribution in [0.4, 0.5) is 0 Å². The minimum absolute atomic E-state index is 0.0608. The zero-order valence-electron chi connectivity index (χ0n) is 12.3. The molecule has 0 saturated heterocycles. The molecule has 0 bridgehead atoms. The third-order valence-electron chi connectivity index (χ3n) is 2.85. The molecular formula is C14H22N2O2S3. The molecule has 1 aromatic rings. The molecule has 1 aromatic carbocycles. The van der Waals surface area contributed by atoms with E-state index in [9.17, 15) is 8.42 Å². The van der Waals surface area contributed by atoms with Gasteiger partial charge in [-0.15, -0.1) is 0 Å². The van der Waals surface area contributed by atoms with E-state index in [4.69, 9.17) is 18.0 Å². The number of hydrogen-bond acceptors (Lipinski definition) is 4. The summed E-state index contributed by atoms with van der Waals surface area (Å²) in [5, 5.41) is 0. The Morgan fingerprint density at radius 2 is 2.19 bits per heavy atom. The summed E-state index contributed by atoms with van der Waals surface area (Å²) in [6, 6.07) is 6.96. The molecule has 0 aliphatic heterocycles. The van der Waals surface area contributed by atoms with E-state index in [1.54, 1.807) is 24.3 Å². The second-order valence-electron chi connectivity index (χ2n) is 4.83. The van der Waals surface area contributed by atoms with Crippen molar-refractivity contribution in [2.75, 3.05) is 11.5 Å². The van der Waals surface area contributed by atoms with Crippen LogP contribution in [0.25, 0.3) is 0 Å². The molecule has 0 heterocycles. The zero-order valence-corrected chi connectivity index (χ0v) is 14.8.